The molecular weight excluding hydrogens is 690 g/mol. The third-order valence-electron chi connectivity index (χ3n) is 11.2. The fraction of sp³-hybridized carbons (Fsp3) is 0.842. The number of fused-ring (bicyclic) bond motifs is 1. The van der Waals surface area contributed by atoms with E-state index in [0.29, 0.717) is 12.1 Å². The van der Waals surface area contributed by atoms with Crippen LogP contribution in [0.3, 0.4) is 0 Å². The lowest BCUT2D eigenvalue weighted by atomic mass is 9.73. The summed E-state index contributed by atoms with van der Waals surface area (Å²) in [5, 5.41) is 19.0. The lowest BCUT2D eigenvalue weighted by molar-refractivity contribution is -0.301. The van der Waals surface area contributed by atoms with Crippen molar-refractivity contribution in [2.75, 3.05) is 41.4 Å². The second-order valence-electron chi connectivity index (χ2n) is 15.4. The molecular formula is C38H63N3O12. The molecule has 3 fully saturated rings. The molecule has 2 N–H and O–H groups in total. The van der Waals surface area contributed by atoms with E-state index < -0.39 is 83.9 Å². The molecule has 3 saturated heterocycles. The van der Waals surface area contributed by atoms with E-state index in [9.17, 15) is 19.5 Å². The summed E-state index contributed by atoms with van der Waals surface area (Å²) in [4.78, 5) is 47.7. The number of esters is 2. The van der Waals surface area contributed by atoms with Crippen LogP contribution in [0.4, 0.5) is 4.79 Å². The number of nitrogens with zero attached hydrogens (tertiary/aromatic N) is 2. The number of nitrogens with one attached hydrogen (secondary N) is 1. The predicted octanol–water partition coefficient (Wildman–Crippen LogP) is 3.29. The van der Waals surface area contributed by atoms with Gasteiger partial charge < -0.3 is 53.3 Å². The second-order valence-corrected chi connectivity index (χ2v) is 15.4. The van der Waals surface area contributed by atoms with Crippen molar-refractivity contribution in [2.24, 2.45) is 28.8 Å². The first kappa shape index (κ1) is 44.4. The normalized spacial score (nSPS) is 40.7. The number of carbonyl (C=O) groups is 3. The SMILES string of the molecule is C#CCNCCC(=O)O[C@H]1[C@H](C)[C@@H](O[C@@H]2O[C@H](C)C[C@H](N(C)C)[C@H]2O)[C@](C)(OC)C[C@@H](C)/C(=N\OC)[C@H](C)[C@H]2OC(=O)O[C@]2(C)[C@@H](CC)OC(=O)[C@@H]1C. The molecule has 53 heavy (non-hydrogen) atoms. The fourth-order valence-electron chi connectivity index (χ4n) is 8.25. The second kappa shape index (κ2) is 19.0. The smallest absolute Gasteiger partial charge is 0.461 e. The number of methoxy groups -OCH3 is 1. The van der Waals surface area contributed by atoms with Crippen molar-refractivity contribution in [3.8, 4) is 12.3 Å². The molecule has 3 aliphatic rings. The highest BCUT2D eigenvalue weighted by Crippen LogP contribution is 2.43. The van der Waals surface area contributed by atoms with Gasteiger partial charge in [0, 0.05) is 37.5 Å². The zero-order valence-corrected chi connectivity index (χ0v) is 33.6. The molecule has 0 spiro atoms. The highest BCUT2D eigenvalue weighted by atomic mass is 16.8. The average molecular weight is 754 g/mol. The van der Waals surface area contributed by atoms with Gasteiger partial charge in [0.05, 0.1) is 42.4 Å². The van der Waals surface area contributed by atoms with Gasteiger partial charge in [-0.2, -0.15) is 0 Å². The number of cyclic esters (lactones) is 1. The minimum absolute atomic E-state index is 0.0252. The lowest BCUT2D eigenvalue weighted by Gasteiger charge is -2.48. The quantitative estimate of drug-likeness (QED) is 0.104. The zero-order valence-electron chi connectivity index (χ0n) is 33.6. The van der Waals surface area contributed by atoms with Crippen LogP contribution in [0.1, 0.15) is 81.1 Å². The molecule has 0 radical (unpaired) electrons. The molecule has 15 heteroatoms. The standard InChI is InChI=1S/C38H63N3O12/c1-14-17-39-18-16-28(42)50-31-24(6)32(51-35-30(43)26(41(10)11)19-22(4)48-35)37(8,46-12)20-21(3)29(40-47-13)23(5)33-38(9,53-36(45)52-33)27(15-2)49-34(44)25(31)7/h1,21-27,30-33,35,39,43H,15-20H2,2-13H3/b40-29+/t21-,22-,23+,24+,25-,26+,27-,30-,31+,32-,33-,35+,37-,38-/m1/s1. The van der Waals surface area contributed by atoms with E-state index in [1.54, 1.807) is 21.0 Å². The first-order valence-corrected chi connectivity index (χ1v) is 18.6. The Morgan fingerprint density at radius 3 is 2.38 bits per heavy atom. The van der Waals surface area contributed by atoms with Crippen molar-refractivity contribution in [3.05, 3.63) is 0 Å². The molecule has 302 valence electrons. The Hall–Kier alpha value is -3.00. The lowest BCUT2D eigenvalue weighted by Crippen LogP contribution is -2.60. The average Bonchev–Trinajstić information content (AvgIpc) is 3.42. The van der Waals surface area contributed by atoms with Gasteiger partial charge in [0.2, 0.25) is 0 Å². The van der Waals surface area contributed by atoms with E-state index in [2.05, 4.69) is 16.4 Å². The molecule has 14 atom stereocenters. The van der Waals surface area contributed by atoms with Gasteiger partial charge in [-0.3, -0.25) is 9.59 Å². The van der Waals surface area contributed by atoms with E-state index >= 15 is 0 Å². The van der Waals surface area contributed by atoms with Crippen LogP contribution in [-0.2, 0) is 47.6 Å². The Bertz CT molecular complexity index is 1320. The Morgan fingerprint density at radius 2 is 1.79 bits per heavy atom. The van der Waals surface area contributed by atoms with E-state index in [-0.39, 0.29) is 50.4 Å². The molecule has 0 aromatic rings. The summed E-state index contributed by atoms with van der Waals surface area (Å²) in [6, 6.07) is -0.277. The van der Waals surface area contributed by atoms with Crippen LogP contribution in [0.25, 0.3) is 0 Å². The largest absolute Gasteiger partial charge is 0.509 e. The van der Waals surface area contributed by atoms with Crippen LogP contribution < -0.4 is 5.32 Å². The maximum absolute atomic E-state index is 14.2. The molecule has 3 aliphatic heterocycles. The van der Waals surface area contributed by atoms with Crippen LogP contribution >= 0.6 is 0 Å². The summed E-state index contributed by atoms with van der Waals surface area (Å²) in [6.07, 6.45) is -0.764. The Balaban J connectivity index is 2.23. The van der Waals surface area contributed by atoms with Crippen LogP contribution in [-0.4, -0.2) is 135 Å². The number of aliphatic hydroxyl groups excluding tert-OH is 1. The highest BCUT2D eigenvalue weighted by molar-refractivity contribution is 5.89. The minimum atomic E-state index is -1.40. The summed E-state index contributed by atoms with van der Waals surface area (Å²) in [5.41, 5.74) is -2.04. The summed E-state index contributed by atoms with van der Waals surface area (Å²) in [6.45, 7) is 15.0. The maximum atomic E-state index is 14.2. The van der Waals surface area contributed by atoms with Crippen molar-refractivity contribution in [1.29, 1.82) is 0 Å². The Labute approximate surface area is 315 Å². The topological polar surface area (TPSA) is 173 Å². The van der Waals surface area contributed by atoms with Gasteiger partial charge in [-0.25, -0.2) is 4.79 Å². The van der Waals surface area contributed by atoms with E-state index in [4.69, 9.17) is 44.4 Å². The molecule has 0 bridgehead atoms. The first-order valence-electron chi connectivity index (χ1n) is 18.6. The molecule has 0 aliphatic carbocycles. The Kier molecular flexibility index (Phi) is 16.0. The van der Waals surface area contributed by atoms with E-state index in [0.717, 1.165) is 0 Å². The van der Waals surface area contributed by atoms with Gasteiger partial charge in [-0.15, -0.1) is 6.42 Å². The summed E-state index contributed by atoms with van der Waals surface area (Å²) >= 11 is 0. The number of hydrogen-bond acceptors (Lipinski definition) is 15. The summed E-state index contributed by atoms with van der Waals surface area (Å²) in [5.74, 6) is -1.52. The number of hydrogen-bond donors (Lipinski definition) is 2. The van der Waals surface area contributed by atoms with Crippen molar-refractivity contribution in [2.45, 2.75) is 141 Å². The molecule has 3 heterocycles. The van der Waals surface area contributed by atoms with Crippen LogP contribution in [0, 0.1) is 36.0 Å². The van der Waals surface area contributed by atoms with E-state index in [1.165, 1.54) is 7.11 Å². The van der Waals surface area contributed by atoms with Crippen molar-refractivity contribution < 1.29 is 57.5 Å². The molecule has 0 aromatic carbocycles. The van der Waals surface area contributed by atoms with Gasteiger partial charge in [0.1, 0.15) is 25.4 Å². The molecule has 0 aromatic heterocycles. The number of likely N-dealkylation sites (N-methyl/N-ethyl adjacent to an activating group) is 1. The van der Waals surface area contributed by atoms with Crippen molar-refractivity contribution >= 4 is 23.8 Å². The maximum Gasteiger partial charge on any atom is 0.509 e. The molecule has 3 rings (SSSR count). The number of rotatable bonds is 11. The molecule has 15 nitrogen and oxygen atoms in total. The number of terminal acetylenes is 1. The monoisotopic (exact) mass is 753 g/mol. The van der Waals surface area contributed by atoms with Crippen molar-refractivity contribution in [1.82, 2.24) is 10.2 Å². The van der Waals surface area contributed by atoms with Crippen molar-refractivity contribution in [3.63, 3.8) is 0 Å². The van der Waals surface area contributed by atoms with Gasteiger partial charge >= 0.3 is 18.1 Å². The number of carbonyl (C=O) groups excluding carboxylic acids is 3. The molecule has 0 amide bonds. The first-order chi connectivity index (χ1) is 24.9. The highest BCUT2D eigenvalue weighted by Gasteiger charge is 2.59. The van der Waals surface area contributed by atoms with Gasteiger partial charge in [0.25, 0.3) is 0 Å². The van der Waals surface area contributed by atoms with Gasteiger partial charge in [-0.1, -0.05) is 38.8 Å². The zero-order chi connectivity index (χ0) is 39.8. The summed E-state index contributed by atoms with van der Waals surface area (Å²) < 4.78 is 43.3. The predicted molar refractivity (Wildman–Crippen MR) is 195 cm³/mol. The third-order valence-corrected chi connectivity index (χ3v) is 11.2. The fourth-order valence-corrected chi connectivity index (χ4v) is 8.25. The minimum Gasteiger partial charge on any atom is -0.461 e. The van der Waals surface area contributed by atoms with Gasteiger partial charge in [-0.05, 0) is 61.1 Å². The number of ether oxygens (including phenoxy) is 7. The van der Waals surface area contributed by atoms with Gasteiger partial charge in [0.15, 0.2) is 18.0 Å². The Morgan fingerprint density at radius 1 is 1.11 bits per heavy atom. The van der Waals surface area contributed by atoms with Crippen LogP contribution in [0.5, 0.6) is 0 Å². The molecule has 0 unspecified atom stereocenters. The number of oxime groups is 1. The van der Waals surface area contributed by atoms with E-state index in [1.807, 2.05) is 60.5 Å². The third kappa shape index (κ3) is 10.2. The molecule has 0 saturated carbocycles. The van der Waals surface area contributed by atoms with Crippen LogP contribution in [0.15, 0.2) is 5.16 Å². The number of aliphatic hydroxyl groups is 1. The summed E-state index contributed by atoms with van der Waals surface area (Å²) in [7, 11) is 6.74. The van der Waals surface area contributed by atoms with Crippen LogP contribution in [0.2, 0.25) is 0 Å².